The SMILES string of the molecule is CCC1=C(C)C=CC([I-]C)C1. The molecule has 0 heterocycles. The first-order valence-corrected chi connectivity index (χ1v) is 7.53. The molecule has 0 aromatic carbocycles. The second kappa shape index (κ2) is 4.29. The maximum absolute atomic E-state index is 2.40. The van der Waals surface area contributed by atoms with Crippen LogP contribution < -0.4 is 21.2 Å². The van der Waals surface area contributed by atoms with Gasteiger partial charge in [-0.25, -0.2) is 0 Å². The van der Waals surface area contributed by atoms with Gasteiger partial charge in [0.15, 0.2) is 0 Å². The van der Waals surface area contributed by atoms with Crippen LogP contribution in [0, 0.1) is 0 Å². The van der Waals surface area contributed by atoms with Crippen molar-refractivity contribution >= 4 is 0 Å². The molecule has 0 spiro atoms. The molecule has 1 aliphatic carbocycles. The third-order valence-electron chi connectivity index (χ3n) is 2.26. The van der Waals surface area contributed by atoms with Crippen molar-refractivity contribution < 1.29 is 21.2 Å². The van der Waals surface area contributed by atoms with Crippen LogP contribution in [0.3, 0.4) is 0 Å². The zero-order valence-electron chi connectivity index (χ0n) is 7.52. The second-order valence-electron chi connectivity index (χ2n) is 2.94. The van der Waals surface area contributed by atoms with Crippen LogP contribution in [0.4, 0.5) is 0 Å². The van der Waals surface area contributed by atoms with E-state index in [9.17, 15) is 0 Å². The summed E-state index contributed by atoms with van der Waals surface area (Å²) in [6.45, 7) is 4.50. The van der Waals surface area contributed by atoms with Crippen molar-refractivity contribution in [3.8, 4) is 0 Å². The number of rotatable bonds is 2. The number of allylic oxidation sites excluding steroid dienone is 4. The monoisotopic (exact) mass is 263 g/mol. The molecule has 0 bridgehead atoms. The van der Waals surface area contributed by atoms with Crippen LogP contribution in [0.15, 0.2) is 23.3 Å². The van der Waals surface area contributed by atoms with Gasteiger partial charge in [-0.05, 0) is 0 Å². The summed E-state index contributed by atoms with van der Waals surface area (Å²) < 4.78 is 0.924. The van der Waals surface area contributed by atoms with Crippen LogP contribution in [-0.2, 0) is 0 Å². The van der Waals surface area contributed by atoms with Gasteiger partial charge in [0.1, 0.15) is 0 Å². The molecule has 0 saturated carbocycles. The van der Waals surface area contributed by atoms with Crippen molar-refractivity contribution in [2.45, 2.75) is 30.6 Å². The molecular weight excluding hydrogens is 247 g/mol. The number of halogens is 1. The van der Waals surface area contributed by atoms with Gasteiger partial charge in [0, 0.05) is 0 Å². The molecule has 0 nitrogen and oxygen atoms in total. The molecule has 0 aromatic rings. The Morgan fingerprint density at radius 1 is 1.64 bits per heavy atom. The molecule has 0 fully saturated rings. The van der Waals surface area contributed by atoms with E-state index in [4.69, 9.17) is 0 Å². The molecule has 0 aliphatic heterocycles. The van der Waals surface area contributed by atoms with Gasteiger partial charge < -0.3 is 0 Å². The minimum atomic E-state index is 0.413. The molecule has 1 unspecified atom stereocenters. The Bertz CT molecular complexity index is 189. The van der Waals surface area contributed by atoms with Crippen molar-refractivity contribution in [1.82, 2.24) is 0 Å². The first-order valence-electron chi connectivity index (χ1n) is 4.12. The normalized spacial score (nSPS) is 24.8. The van der Waals surface area contributed by atoms with E-state index < -0.39 is 0 Å². The maximum atomic E-state index is 2.40. The van der Waals surface area contributed by atoms with Gasteiger partial charge >= 0.3 is 80.0 Å². The summed E-state index contributed by atoms with van der Waals surface area (Å²) in [6.07, 6.45) is 7.32. The van der Waals surface area contributed by atoms with Gasteiger partial charge in [-0.3, -0.25) is 0 Å². The van der Waals surface area contributed by atoms with E-state index >= 15 is 0 Å². The van der Waals surface area contributed by atoms with E-state index in [1.165, 1.54) is 18.4 Å². The summed E-state index contributed by atoms with van der Waals surface area (Å²) in [4.78, 5) is 2.38. The Morgan fingerprint density at radius 2 is 2.36 bits per heavy atom. The molecule has 1 aliphatic rings. The second-order valence-corrected chi connectivity index (χ2v) is 5.78. The van der Waals surface area contributed by atoms with E-state index in [-0.39, 0.29) is 0 Å². The number of hydrogen-bond acceptors (Lipinski definition) is 0. The molecule has 1 heteroatoms. The summed E-state index contributed by atoms with van der Waals surface area (Å²) in [7, 11) is 0. The van der Waals surface area contributed by atoms with Crippen LogP contribution >= 0.6 is 0 Å². The molecular formula is C10H16I-. The first-order chi connectivity index (χ1) is 5.27. The molecule has 11 heavy (non-hydrogen) atoms. The predicted molar refractivity (Wildman–Crippen MR) is 46.5 cm³/mol. The molecule has 0 saturated heterocycles. The molecule has 0 radical (unpaired) electrons. The number of hydrogen-bond donors (Lipinski definition) is 0. The Balaban J connectivity index is 2.67. The van der Waals surface area contributed by atoms with Gasteiger partial charge in [-0.15, -0.1) is 0 Å². The first kappa shape index (κ1) is 9.30. The summed E-state index contributed by atoms with van der Waals surface area (Å²) in [5, 5.41) is 0. The summed E-state index contributed by atoms with van der Waals surface area (Å²) >= 11 is 0.413. The van der Waals surface area contributed by atoms with E-state index in [1.54, 1.807) is 5.57 Å². The fourth-order valence-corrected chi connectivity index (χ4v) is 3.00. The zero-order chi connectivity index (χ0) is 8.27. The van der Waals surface area contributed by atoms with Crippen molar-refractivity contribution in [3.63, 3.8) is 0 Å². The molecule has 1 rings (SSSR count). The molecule has 1 atom stereocenters. The van der Waals surface area contributed by atoms with E-state index in [1.807, 2.05) is 0 Å². The quantitative estimate of drug-likeness (QED) is 0.476. The molecule has 0 N–H and O–H groups in total. The van der Waals surface area contributed by atoms with Crippen LogP contribution in [0.5, 0.6) is 0 Å². The average molecular weight is 263 g/mol. The Hall–Kier alpha value is 0.210. The van der Waals surface area contributed by atoms with Gasteiger partial charge in [-0.2, -0.15) is 0 Å². The minimum absolute atomic E-state index is 0.413. The Morgan fingerprint density at radius 3 is 2.91 bits per heavy atom. The summed E-state index contributed by atoms with van der Waals surface area (Å²) in [5.41, 5.74) is 3.19. The third kappa shape index (κ3) is 2.32. The van der Waals surface area contributed by atoms with Gasteiger partial charge in [0.25, 0.3) is 0 Å². The summed E-state index contributed by atoms with van der Waals surface area (Å²) in [6, 6.07) is 0. The van der Waals surface area contributed by atoms with E-state index in [2.05, 4.69) is 30.9 Å². The van der Waals surface area contributed by atoms with Crippen molar-refractivity contribution in [2.24, 2.45) is 0 Å². The zero-order valence-corrected chi connectivity index (χ0v) is 9.68. The fraction of sp³-hybridized carbons (Fsp3) is 0.600. The molecule has 0 aromatic heterocycles. The van der Waals surface area contributed by atoms with Gasteiger partial charge in [0.05, 0.1) is 0 Å². The van der Waals surface area contributed by atoms with Gasteiger partial charge in [0.2, 0.25) is 0 Å². The summed E-state index contributed by atoms with van der Waals surface area (Å²) in [5.74, 6) is 0. The fourth-order valence-electron chi connectivity index (χ4n) is 1.40. The van der Waals surface area contributed by atoms with Crippen LogP contribution in [0.25, 0.3) is 0 Å². The van der Waals surface area contributed by atoms with Gasteiger partial charge in [-0.1, -0.05) is 0 Å². The third-order valence-corrected chi connectivity index (χ3v) is 4.72. The molecule has 64 valence electrons. The van der Waals surface area contributed by atoms with Crippen LogP contribution in [-0.4, -0.2) is 8.86 Å². The average Bonchev–Trinajstić information content (AvgIpc) is 2.05. The van der Waals surface area contributed by atoms with Crippen LogP contribution in [0.1, 0.15) is 26.7 Å². The molecule has 0 amide bonds. The van der Waals surface area contributed by atoms with Crippen LogP contribution in [0.2, 0.25) is 0 Å². The van der Waals surface area contributed by atoms with E-state index in [0.717, 1.165) is 3.92 Å². The number of alkyl halides is 2. The predicted octanol–water partition coefficient (Wildman–Crippen LogP) is -0.240. The van der Waals surface area contributed by atoms with E-state index in [0.29, 0.717) is 21.2 Å². The Kier molecular flexibility index (Phi) is 3.63. The van der Waals surface area contributed by atoms with Crippen molar-refractivity contribution in [1.29, 1.82) is 0 Å². The topological polar surface area (TPSA) is 0 Å². The van der Waals surface area contributed by atoms with Crippen molar-refractivity contribution in [2.75, 3.05) is 4.93 Å². The Labute approximate surface area is 80.0 Å². The standard InChI is InChI=1S/C10H16I/c1-4-9-7-10(11-3)6-5-8(9)2/h5-6,10H,4,7H2,1-3H3/q-1. The van der Waals surface area contributed by atoms with Crippen molar-refractivity contribution in [3.05, 3.63) is 23.3 Å².